The minimum atomic E-state index is -0.0568. The smallest absolute Gasteiger partial charge is 0.251 e. The predicted octanol–water partition coefficient (Wildman–Crippen LogP) is 3.01. The Morgan fingerprint density at radius 3 is 2.44 bits per heavy atom. The van der Waals surface area contributed by atoms with Gasteiger partial charge in [0.15, 0.2) is 0 Å². The van der Waals surface area contributed by atoms with Crippen LogP contribution in [-0.4, -0.2) is 39.3 Å². The lowest BCUT2D eigenvalue weighted by Gasteiger charge is -2.37. The number of amides is 1. The number of hydrogen-bond donors (Lipinski definition) is 2. The first-order valence-electron chi connectivity index (χ1n) is 9.45. The summed E-state index contributed by atoms with van der Waals surface area (Å²) in [6.45, 7) is 3.74. The van der Waals surface area contributed by atoms with Crippen molar-refractivity contribution in [2.24, 2.45) is 5.41 Å². The Kier molecular flexibility index (Phi) is 6.85. The number of carbonyl (C=O) groups excluding carboxylic acids is 1. The molecule has 27 heavy (non-hydrogen) atoms. The van der Waals surface area contributed by atoms with E-state index in [4.69, 9.17) is 9.47 Å². The van der Waals surface area contributed by atoms with Crippen LogP contribution < -0.4 is 15.4 Å². The van der Waals surface area contributed by atoms with Gasteiger partial charge in [-0.25, -0.2) is 0 Å². The zero-order valence-electron chi connectivity index (χ0n) is 15.9. The van der Waals surface area contributed by atoms with Gasteiger partial charge in [-0.15, -0.1) is 0 Å². The van der Waals surface area contributed by atoms with Gasteiger partial charge in [0.1, 0.15) is 12.4 Å². The second-order valence-corrected chi connectivity index (χ2v) is 7.16. The molecule has 144 valence electrons. The van der Waals surface area contributed by atoms with E-state index in [1.54, 1.807) is 19.2 Å². The van der Waals surface area contributed by atoms with E-state index in [0.717, 1.165) is 37.2 Å². The number of carbonyl (C=O) groups is 1. The van der Waals surface area contributed by atoms with E-state index in [1.165, 1.54) is 0 Å². The Hall–Kier alpha value is -2.37. The van der Waals surface area contributed by atoms with Crippen LogP contribution in [0, 0.1) is 5.41 Å². The molecule has 1 aliphatic rings. The second-order valence-electron chi connectivity index (χ2n) is 7.16. The average molecular weight is 368 g/mol. The fourth-order valence-corrected chi connectivity index (χ4v) is 3.45. The van der Waals surface area contributed by atoms with Crippen molar-refractivity contribution in [3.63, 3.8) is 0 Å². The number of nitrogens with one attached hydrogen (secondary N) is 2. The van der Waals surface area contributed by atoms with E-state index >= 15 is 0 Å². The molecule has 2 N–H and O–H groups in total. The minimum Gasteiger partial charge on any atom is -0.489 e. The molecule has 5 nitrogen and oxygen atoms in total. The van der Waals surface area contributed by atoms with Gasteiger partial charge in [-0.05, 0) is 55.8 Å². The summed E-state index contributed by atoms with van der Waals surface area (Å²) in [5, 5.41) is 6.45. The monoisotopic (exact) mass is 368 g/mol. The molecule has 0 radical (unpaired) electrons. The average Bonchev–Trinajstić information content (AvgIpc) is 2.73. The molecule has 1 aliphatic heterocycles. The highest BCUT2D eigenvalue weighted by atomic mass is 16.5. The molecule has 5 heteroatoms. The fourth-order valence-electron chi connectivity index (χ4n) is 3.45. The molecule has 0 saturated carbocycles. The van der Waals surface area contributed by atoms with Crippen LogP contribution in [-0.2, 0) is 11.3 Å². The van der Waals surface area contributed by atoms with Gasteiger partial charge in [-0.3, -0.25) is 4.79 Å². The summed E-state index contributed by atoms with van der Waals surface area (Å²) in [5.74, 6) is 0.697. The summed E-state index contributed by atoms with van der Waals surface area (Å²) in [4.78, 5) is 12.5. The quantitative estimate of drug-likeness (QED) is 0.752. The Morgan fingerprint density at radius 2 is 1.78 bits per heavy atom. The Balaban J connectivity index is 1.52. The van der Waals surface area contributed by atoms with Gasteiger partial charge in [0.25, 0.3) is 5.91 Å². The third-order valence-corrected chi connectivity index (χ3v) is 5.10. The summed E-state index contributed by atoms with van der Waals surface area (Å²) >= 11 is 0. The fraction of sp³-hybridized carbons (Fsp3) is 0.409. The van der Waals surface area contributed by atoms with E-state index < -0.39 is 0 Å². The Bertz CT molecular complexity index is 705. The van der Waals surface area contributed by atoms with Gasteiger partial charge in [0.2, 0.25) is 0 Å². The van der Waals surface area contributed by atoms with Crippen LogP contribution >= 0.6 is 0 Å². The normalized spacial score (nSPS) is 15.9. The van der Waals surface area contributed by atoms with E-state index in [2.05, 4.69) is 10.6 Å². The molecular formula is C22H28N2O3. The molecular weight excluding hydrogens is 340 g/mol. The number of methoxy groups -OCH3 is 1. The molecule has 0 unspecified atom stereocenters. The van der Waals surface area contributed by atoms with E-state index in [0.29, 0.717) is 25.3 Å². The lowest BCUT2D eigenvalue weighted by Crippen LogP contribution is -2.47. The molecule has 1 fully saturated rings. The van der Waals surface area contributed by atoms with Crippen molar-refractivity contribution in [2.45, 2.75) is 19.4 Å². The van der Waals surface area contributed by atoms with Crippen LogP contribution in [0.3, 0.4) is 0 Å². The first-order chi connectivity index (χ1) is 13.2. The van der Waals surface area contributed by atoms with Crippen LogP contribution in [0.4, 0.5) is 0 Å². The first kappa shape index (κ1) is 19.4. The third-order valence-electron chi connectivity index (χ3n) is 5.10. The maximum absolute atomic E-state index is 12.5. The van der Waals surface area contributed by atoms with E-state index in [-0.39, 0.29) is 11.3 Å². The third kappa shape index (κ3) is 5.55. The highest BCUT2D eigenvalue weighted by Gasteiger charge is 2.32. The first-order valence-corrected chi connectivity index (χ1v) is 9.45. The van der Waals surface area contributed by atoms with Crippen molar-refractivity contribution < 1.29 is 14.3 Å². The van der Waals surface area contributed by atoms with Crippen LogP contribution in [0.25, 0.3) is 0 Å². The zero-order chi connectivity index (χ0) is 19.0. The van der Waals surface area contributed by atoms with Crippen LogP contribution in [0.1, 0.15) is 28.8 Å². The molecule has 3 rings (SSSR count). The number of ether oxygens (including phenoxy) is 2. The van der Waals surface area contributed by atoms with Crippen molar-refractivity contribution in [3.8, 4) is 5.75 Å². The zero-order valence-corrected chi connectivity index (χ0v) is 15.9. The summed E-state index contributed by atoms with van der Waals surface area (Å²) < 4.78 is 11.2. The van der Waals surface area contributed by atoms with Gasteiger partial charge < -0.3 is 20.1 Å². The molecule has 0 atom stereocenters. The number of rotatable bonds is 8. The summed E-state index contributed by atoms with van der Waals surface area (Å²) in [5.41, 5.74) is 1.78. The Labute approximate surface area is 161 Å². The second kappa shape index (κ2) is 9.53. The predicted molar refractivity (Wildman–Crippen MR) is 106 cm³/mol. The topological polar surface area (TPSA) is 59.6 Å². The van der Waals surface area contributed by atoms with Gasteiger partial charge in [-0.2, -0.15) is 0 Å². The van der Waals surface area contributed by atoms with Crippen LogP contribution in [0.15, 0.2) is 54.6 Å². The van der Waals surface area contributed by atoms with Crippen LogP contribution in [0.2, 0.25) is 0 Å². The van der Waals surface area contributed by atoms with Crippen molar-refractivity contribution in [1.29, 1.82) is 0 Å². The molecule has 0 aliphatic carbocycles. The van der Waals surface area contributed by atoms with Crippen molar-refractivity contribution in [2.75, 3.05) is 33.4 Å². The van der Waals surface area contributed by atoms with Gasteiger partial charge in [-0.1, -0.05) is 30.3 Å². The highest BCUT2D eigenvalue weighted by Crippen LogP contribution is 2.28. The van der Waals surface area contributed by atoms with Crippen molar-refractivity contribution in [3.05, 3.63) is 65.7 Å². The van der Waals surface area contributed by atoms with Gasteiger partial charge in [0.05, 0.1) is 6.61 Å². The molecule has 1 heterocycles. The molecule has 1 amide bonds. The molecule has 2 aromatic carbocycles. The van der Waals surface area contributed by atoms with E-state index in [1.807, 2.05) is 42.5 Å². The highest BCUT2D eigenvalue weighted by molar-refractivity contribution is 5.94. The molecule has 0 spiro atoms. The molecule has 1 saturated heterocycles. The van der Waals surface area contributed by atoms with Gasteiger partial charge >= 0.3 is 0 Å². The SMILES string of the molecule is COCC1(CNC(=O)c2ccc(OCc3ccccc3)cc2)CCNCC1. The van der Waals surface area contributed by atoms with Gasteiger partial charge in [0, 0.05) is 24.6 Å². The molecule has 0 bridgehead atoms. The maximum atomic E-state index is 12.5. The standard InChI is InChI=1S/C22H28N2O3/c1-26-17-22(11-13-23-14-12-22)16-24-21(25)19-7-9-20(10-8-19)27-15-18-5-3-2-4-6-18/h2-10,23H,11-17H2,1H3,(H,24,25). The van der Waals surface area contributed by atoms with Crippen LogP contribution in [0.5, 0.6) is 5.75 Å². The van der Waals surface area contributed by atoms with Crippen molar-refractivity contribution >= 4 is 5.91 Å². The number of hydrogen-bond acceptors (Lipinski definition) is 4. The summed E-state index contributed by atoms with van der Waals surface area (Å²) in [7, 11) is 1.72. The maximum Gasteiger partial charge on any atom is 0.251 e. The molecule has 0 aromatic heterocycles. The van der Waals surface area contributed by atoms with E-state index in [9.17, 15) is 4.79 Å². The number of piperidine rings is 1. The lowest BCUT2D eigenvalue weighted by atomic mass is 9.79. The minimum absolute atomic E-state index is 0.0222. The van der Waals surface area contributed by atoms with Crippen molar-refractivity contribution in [1.82, 2.24) is 10.6 Å². The largest absolute Gasteiger partial charge is 0.489 e. The summed E-state index contributed by atoms with van der Waals surface area (Å²) in [6.07, 6.45) is 2.01. The molecule has 2 aromatic rings. The summed E-state index contributed by atoms with van der Waals surface area (Å²) in [6, 6.07) is 17.3. The lowest BCUT2D eigenvalue weighted by molar-refractivity contribution is 0.0512. The Morgan fingerprint density at radius 1 is 1.07 bits per heavy atom. The number of benzene rings is 2.